The predicted molar refractivity (Wildman–Crippen MR) is 91.1 cm³/mol. The molecular weight excluding hydrogens is 332 g/mol. The molecule has 0 aliphatic rings. The summed E-state index contributed by atoms with van der Waals surface area (Å²) < 4.78 is 58.3. The van der Waals surface area contributed by atoms with Gasteiger partial charge in [-0.3, -0.25) is 4.39 Å². The van der Waals surface area contributed by atoms with Crippen LogP contribution in [0.25, 0.3) is 11.1 Å². The number of halogens is 4. The third-order valence-electron chi connectivity index (χ3n) is 3.74. The zero-order valence-electron chi connectivity index (χ0n) is 14.0. The number of allylic oxidation sites excluding steroid dienone is 2. The van der Waals surface area contributed by atoms with Gasteiger partial charge in [-0.25, -0.2) is 8.78 Å². The number of hydrogen-bond acceptors (Lipinski definition) is 1. The topological polar surface area (TPSA) is 9.23 Å². The minimum absolute atomic E-state index is 0.109. The molecule has 0 spiro atoms. The normalized spacial score (nSPS) is 11.6. The predicted octanol–water partition coefficient (Wildman–Crippen LogP) is 6.18. The van der Waals surface area contributed by atoms with Crippen LogP contribution in [0.4, 0.5) is 17.6 Å². The molecule has 0 bridgehead atoms. The van der Waals surface area contributed by atoms with Gasteiger partial charge in [0.1, 0.15) is 0 Å². The smallest absolute Gasteiger partial charge is 0.201 e. The van der Waals surface area contributed by atoms with E-state index in [-0.39, 0.29) is 24.3 Å². The highest BCUT2D eigenvalue weighted by Gasteiger charge is 2.15. The maximum absolute atomic E-state index is 14.2. The number of benzene rings is 2. The van der Waals surface area contributed by atoms with Crippen LogP contribution in [-0.2, 0) is 6.42 Å². The van der Waals surface area contributed by atoms with Crippen molar-refractivity contribution >= 4 is 0 Å². The Morgan fingerprint density at radius 3 is 2.40 bits per heavy atom. The minimum atomic E-state index is -1.00. The monoisotopic (exact) mass is 352 g/mol. The van der Waals surface area contributed by atoms with Gasteiger partial charge in [-0.15, -0.1) is 0 Å². The number of alkyl halides is 1. The van der Waals surface area contributed by atoms with Gasteiger partial charge in [0.05, 0.1) is 19.1 Å². The Labute approximate surface area is 144 Å². The van der Waals surface area contributed by atoms with Crippen molar-refractivity contribution in [1.82, 2.24) is 0 Å². The molecule has 0 saturated carbocycles. The van der Waals surface area contributed by atoms with Crippen molar-refractivity contribution in [3.63, 3.8) is 0 Å². The molecule has 0 radical (unpaired) electrons. The molecule has 1 nitrogen and oxygen atoms in total. The first-order valence-corrected chi connectivity index (χ1v) is 8.17. The van der Waals surface area contributed by atoms with Crippen molar-refractivity contribution in [2.45, 2.75) is 26.2 Å². The van der Waals surface area contributed by atoms with Crippen LogP contribution in [0.15, 0.2) is 48.3 Å². The average molecular weight is 352 g/mol. The summed E-state index contributed by atoms with van der Waals surface area (Å²) >= 11 is 0. The van der Waals surface area contributed by atoms with Crippen LogP contribution in [-0.4, -0.2) is 13.3 Å². The van der Waals surface area contributed by atoms with Gasteiger partial charge in [0, 0.05) is 12.0 Å². The second-order valence-electron chi connectivity index (χ2n) is 5.50. The molecule has 0 saturated heterocycles. The fourth-order valence-corrected chi connectivity index (χ4v) is 2.46. The Kier molecular flexibility index (Phi) is 7.04. The van der Waals surface area contributed by atoms with Gasteiger partial charge in [0.25, 0.3) is 0 Å². The lowest BCUT2D eigenvalue weighted by molar-refractivity contribution is 0.314. The number of rotatable bonds is 8. The van der Waals surface area contributed by atoms with Gasteiger partial charge in [0.2, 0.25) is 5.82 Å². The molecule has 0 amide bonds. The number of aryl methyl sites for hydroxylation is 1. The standard InChI is InChI=1S/C20H20F4O/c1-2-25-18-11-10-17(19(23)20(18)24)15-8-6-14(7-9-15)4-3-5-16(22)12-13-21/h5-11H,2-4,12-13H2,1H3/b16-5+. The fraction of sp³-hybridized carbons (Fsp3) is 0.300. The quantitative estimate of drug-likeness (QED) is 0.516. The Morgan fingerprint density at radius 1 is 1.04 bits per heavy atom. The van der Waals surface area contributed by atoms with Crippen molar-refractivity contribution < 1.29 is 22.3 Å². The highest BCUT2D eigenvalue weighted by atomic mass is 19.2. The van der Waals surface area contributed by atoms with Crippen LogP contribution in [0, 0.1) is 11.6 Å². The van der Waals surface area contributed by atoms with E-state index in [2.05, 4.69) is 0 Å². The molecule has 0 aliphatic heterocycles. The first-order valence-electron chi connectivity index (χ1n) is 8.17. The van der Waals surface area contributed by atoms with E-state index in [1.807, 2.05) is 0 Å². The summed E-state index contributed by atoms with van der Waals surface area (Å²) in [5.74, 6) is -2.51. The van der Waals surface area contributed by atoms with Gasteiger partial charge < -0.3 is 4.74 Å². The summed E-state index contributed by atoms with van der Waals surface area (Å²) in [4.78, 5) is 0. The molecular formula is C20H20F4O. The highest BCUT2D eigenvalue weighted by Crippen LogP contribution is 2.30. The van der Waals surface area contributed by atoms with E-state index in [4.69, 9.17) is 4.74 Å². The van der Waals surface area contributed by atoms with Crippen LogP contribution in [0.5, 0.6) is 5.75 Å². The van der Waals surface area contributed by atoms with E-state index < -0.39 is 24.1 Å². The van der Waals surface area contributed by atoms with Gasteiger partial charge in [0.15, 0.2) is 11.6 Å². The lowest BCUT2D eigenvalue weighted by Crippen LogP contribution is -1.98. The maximum atomic E-state index is 14.2. The van der Waals surface area contributed by atoms with Crippen LogP contribution in [0.1, 0.15) is 25.3 Å². The summed E-state index contributed by atoms with van der Waals surface area (Å²) in [5, 5.41) is 0. The van der Waals surface area contributed by atoms with Crippen molar-refractivity contribution in [3.8, 4) is 16.9 Å². The van der Waals surface area contributed by atoms with Crippen molar-refractivity contribution in [2.75, 3.05) is 13.3 Å². The van der Waals surface area contributed by atoms with Crippen molar-refractivity contribution in [1.29, 1.82) is 0 Å². The molecule has 2 rings (SSSR count). The van der Waals surface area contributed by atoms with E-state index in [9.17, 15) is 17.6 Å². The number of ether oxygens (including phenoxy) is 1. The molecule has 134 valence electrons. The Morgan fingerprint density at radius 2 is 1.76 bits per heavy atom. The summed E-state index contributed by atoms with van der Waals surface area (Å²) in [6.45, 7) is 1.24. The zero-order chi connectivity index (χ0) is 18.2. The minimum Gasteiger partial charge on any atom is -0.491 e. The van der Waals surface area contributed by atoms with Crippen molar-refractivity contribution in [2.24, 2.45) is 0 Å². The van der Waals surface area contributed by atoms with E-state index in [0.29, 0.717) is 18.4 Å². The zero-order valence-corrected chi connectivity index (χ0v) is 14.0. The molecule has 0 heterocycles. The Balaban J connectivity index is 2.10. The number of hydrogen-bond donors (Lipinski definition) is 0. The third kappa shape index (κ3) is 5.08. The average Bonchev–Trinajstić information content (AvgIpc) is 2.60. The highest BCUT2D eigenvalue weighted by molar-refractivity contribution is 5.65. The second kappa shape index (κ2) is 9.25. The van der Waals surface area contributed by atoms with Gasteiger partial charge >= 0.3 is 0 Å². The molecule has 0 aliphatic carbocycles. The summed E-state index contributed by atoms with van der Waals surface area (Å²) in [5.41, 5.74) is 1.63. The van der Waals surface area contributed by atoms with E-state index in [1.54, 1.807) is 31.2 Å². The molecule has 2 aromatic carbocycles. The lowest BCUT2D eigenvalue weighted by Gasteiger charge is -2.09. The van der Waals surface area contributed by atoms with Crippen LogP contribution in [0.2, 0.25) is 0 Å². The molecule has 5 heteroatoms. The van der Waals surface area contributed by atoms with E-state index in [1.165, 1.54) is 18.2 Å². The van der Waals surface area contributed by atoms with Gasteiger partial charge in [-0.05, 0) is 43.0 Å². The van der Waals surface area contributed by atoms with E-state index in [0.717, 1.165) is 5.56 Å². The fourth-order valence-electron chi connectivity index (χ4n) is 2.46. The van der Waals surface area contributed by atoms with Crippen molar-refractivity contribution in [3.05, 3.63) is 65.5 Å². The van der Waals surface area contributed by atoms with Crippen LogP contribution >= 0.6 is 0 Å². The molecule has 2 aromatic rings. The maximum Gasteiger partial charge on any atom is 0.201 e. The first-order chi connectivity index (χ1) is 12.1. The third-order valence-corrected chi connectivity index (χ3v) is 3.74. The van der Waals surface area contributed by atoms with Crippen LogP contribution in [0.3, 0.4) is 0 Å². The molecule has 0 atom stereocenters. The molecule has 0 fully saturated rings. The van der Waals surface area contributed by atoms with Gasteiger partial charge in [-0.1, -0.05) is 30.3 Å². The molecule has 0 N–H and O–H groups in total. The molecule has 0 unspecified atom stereocenters. The SMILES string of the molecule is CCOc1ccc(-c2ccc(CC/C=C(/F)CCF)cc2)c(F)c1F. The Bertz CT molecular complexity index is 723. The summed E-state index contributed by atoms with van der Waals surface area (Å²) in [6.07, 6.45) is 2.22. The second-order valence-corrected chi connectivity index (χ2v) is 5.50. The van der Waals surface area contributed by atoms with Crippen LogP contribution < -0.4 is 4.74 Å². The van der Waals surface area contributed by atoms with Gasteiger partial charge in [-0.2, -0.15) is 4.39 Å². The van der Waals surface area contributed by atoms with E-state index >= 15 is 0 Å². The lowest BCUT2D eigenvalue weighted by atomic mass is 10.0. The first kappa shape index (κ1) is 19.0. The summed E-state index contributed by atoms with van der Waals surface area (Å²) in [7, 11) is 0. The Hall–Kier alpha value is -2.30. The largest absolute Gasteiger partial charge is 0.491 e. The molecule has 25 heavy (non-hydrogen) atoms. The molecule has 0 aromatic heterocycles. The summed E-state index contributed by atoms with van der Waals surface area (Å²) in [6, 6.07) is 9.83.